The highest BCUT2D eigenvalue weighted by atomic mass is 16.2. The molecule has 2 fully saturated rings. The van der Waals surface area contributed by atoms with Crippen molar-refractivity contribution in [2.24, 2.45) is 11.8 Å². The van der Waals surface area contributed by atoms with Gasteiger partial charge in [-0.25, -0.2) is 0 Å². The lowest BCUT2D eigenvalue weighted by Crippen LogP contribution is -2.34. The highest BCUT2D eigenvalue weighted by molar-refractivity contribution is 5.83. The van der Waals surface area contributed by atoms with Crippen molar-refractivity contribution in [1.82, 2.24) is 14.4 Å². The van der Waals surface area contributed by atoms with Crippen LogP contribution in [0.15, 0.2) is 60.8 Å². The molecular formula is C25H29N3O. The van der Waals surface area contributed by atoms with Crippen molar-refractivity contribution in [2.45, 2.75) is 33.0 Å². The van der Waals surface area contributed by atoms with Gasteiger partial charge in [0, 0.05) is 62.7 Å². The molecule has 1 aromatic heterocycles. The molecule has 3 aromatic rings. The molecule has 3 atom stereocenters. The van der Waals surface area contributed by atoms with Crippen LogP contribution in [0.1, 0.15) is 31.0 Å². The summed E-state index contributed by atoms with van der Waals surface area (Å²) in [6, 6.07) is 19.7. The van der Waals surface area contributed by atoms with Crippen LogP contribution in [-0.2, 0) is 17.9 Å². The molecule has 0 bridgehead atoms. The predicted octanol–water partition coefficient (Wildman–Crippen LogP) is 4.31. The van der Waals surface area contributed by atoms with E-state index >= 15 is 0 Å². The van der Waals surface area contributed by atoms with E-state index in [4.69, 9.17) is 0 Å². The Balaban J connectivity index is 1.39. The minimum atomic E-state index is 0.200. The molecule has 0 saturated carbocycles. The molecule has 4 heteroatoms. The molecule has 0 aliphatic carbocycles. The number of hydrogen-bond acceptors (Lipinski definition) is 2. The first-order valence-corrected chi connectivity index (χ1v) is 10.8. The molecule has 0 unspecified atom stereocenters. The van der Waals surface area contributed by atoms with Gasteiger partial charge in [-0.05, 0) is 36.1 Å². The van der Waals surface area contributed by atoms with Gasteiger partial charge in [0.05, 0.1) is 6.04 Å². The van der Waals surface area contributed by atoms with Gasteiger partial charge in [0.1, 0.15) is 0 Å². The van der Waals surface area contributed by atoms with Gasteiger partial charge in [-0.2, -0.15) is 0 Å². The highest BCUT2D eigenvalue weighted by Crippen LogP contribution is 2.45. The van der Waals surface area contributed by atoms with Crippen LogP contribution in [0.4, 0.5) is 0 Å². The summed E-state index contributed by atoms with van der Waals surface area (Å²) >= 11 is 0. The number of carbonyl (C=O) groups excluding carboxylic acids is 1. The maximum absolute atomic E-state index is 12.3. The molecule has 2 aliphatic rings. The van der Waals surface area contributed by atoms with Gasteiger partial charge < -0.3 is 9.47 Å². The quantitative estimate of drug-likeness (QED) is 0.667. The Hall–Kier alpha value is -2.59. The number of aromatic nitrogens is 1. The molecule has 5 rings (SSSR count). The molecule has 2 aliphatic heterocycles. The third-order valence-electron chi connectivity index (χ3n) is 6.92. The van der Waals surface area contributed by atoms with Crippen LogP contribution >= 0.6 is 0 Å². The molecule has 0 spiro atoms. The van der Waals surface area contributed by atoms with Crippen molar-refractivity contribution in [3.05, 3.63) is 71.9 Å². The Morgan fingerprint density at radius 2 is 1.83 bits per heavy atom. The van der Waals surface area contributed by atoms with Crippen LogP contribution in [-0.4, -0.2) is 39.9 Å². The predicted molar refractivity (Wildman–Crippen MR) is 116 cm³/mol. The summed E-state index contributed by atoms with van der Waals surface area (Å²) < 4.78 is 2.31. The highest BCUT2D eigenvalue weighted by Gasteiger charge is 2.48. The number of carbonyl (C=O) groups is 1. The summed E-state index contributed by atoms with van der Waals surface area (Å²) in [4.78, 5) is 17.0. The summed E-state index contributed by atoms with van der Waals surface area (Å²) in [6.45, 7) is 8.90. The average molecular weight is 388 g/mol. The van der Waals surface area contributed by atoms with Crippen LogP contribution in [0.3, 0.4) is 0 Å². The van der Waals surface area contributed by atoms with E-state index in [1.807, 2.05) is 0 Å². The number of hydrogen-bond donors (Lipinski definition) is 0. The Bertz CT molecular complexity index is 1020. The zero-order valence-corrected chi connectivity index (χ0v) is 17.3. The fourth-order valence-electron chi connectivity index (χ4n) is 5.61. The first-order chi connectivity index (χ1) is 14.2. The fraction of sp³-hybridized carbons (Fsp3) is 0.400. The summed E-state index contributed by atoms with van der Waals surface area (Å²) in [5.41, 5.74) is 4.02. The van der Waals surface area contributed by atoms with Gasteiger partial charge in [-0.1, -0.05) is 42.5 Å². The Kier molecular flexibility index (Phi) is 4.67. The van der Waals surface area contributed by atoms with Gasteiger partial charge in [0.25, 0.3) is 0 Å². The van der Waals surface area contributed by atoms with E-state index in [1.54, 1.807) is 6.92 Å². The van der Waals surface area contributed by atoms with Crippen molar-refractivity contribution in [3.63, 3.8) is 0 Å². The van der Waals surface area contributed by atoms with Crippen molar-refractivity contribution in [2.75, 3.05) is 19.6 Å². The molecular weight excluding hydrogens is 358 g/mol. The third-order valence-corrected chi connectivity index (χ3v) is 6.92. The lowest BCUT2D eigenvalue weighted by molar-refractivity contribution is -0.130. The number of nitrogens with zero attached hydrogens (tertiary/aromatic N) is 3. The van der Waals surface area contributed by atoms with Gasteiger partial charge in [0.2, 0.25) is 5.91 Å². The first-order valence-electron chi connectivity index (χ1n) is 10.8. The van der Waals surface area contributed by atoms with Crippen molar-refractivity contribution in [3.8, 4) is 0 Å². The van der Waals surface area contributed by atoms with E-state index < -0.39 is 0 Å². The molecule has 2 aromatic carbocycles. The Morgan fingerprint density at radius 1 is 1.00 bits per heavy atom. The van der Waals surface area contributed by atoms with Crippen LogP contribution < -0.4 is 0 Å². The average Bonchev–Trinajstić information content (AvgIpc) is 3.41. The fourth-order valence-corrected chi connectivity index (χ4v) is 5.61. The second-order valence-electron chi connectivity index (χ2n) is 8.60. The van der Waals surface area contributed by atoms with Crippen molar-refractivity contribution < 1.29 is 4.79 Å². The van der Waals surface area contributed by atoms with Crippen molar-refractivity contribution in [1.29, 1.82) is 0 Å². The zero-order chi connectivity index (χ0) is 20.0. The second kappa shape index (κ2) is 7.34. The number of amides is 1. The molecule has 0 radical (unpaired) electrons. The second-order valence-corrected chi connectivity index (χ2v) is 8.60. The topological polar surface area (TPSA) is 28.5 Å². The maximum Gasteiger partial charge on any atom is 0.219 e. The minimum Gasteiger partial charge on any atom is -0.348 e. The van der Waals surface area contributed by atoms with E-state index in [0.717, 1.165) is 32.7 Å². The smallest absolute Gasteiger partial charge is 0.219 e. The standard InChI is InChI=1S/C25H29N3O/c1-3-27-13-12-22-20(10-7-11-24(22)27)14-26-15-21-16-28(18(2)29)25(23(21)17-26)19-8-5-4-6-9-19/h4-13,21,23,25H,3,14-17H2,1-2H3/t21-,23-,25+/m1/s1. The number of aryl methyl sites for hydroxylation is 1. The lowest BCUT2D eigenvalue weighted by Gasteiger charge is -2.29. The maximum atomic E-state index is 12.3. The normalized spacial score (nSPS) is 24.3. The molecule has 3 heterocycles. The molecule has 150 valence electrons. The van der Waals surface area contributed by atoms with Gasteiger partial charge >= 0.3 is 0 Å². The molecule has 29 heavy (non-hydrogen) atoms. The summed E-state index contributed by atoms with van der Waals surface area (Å²) in [5, 5.41) is 1.37. The SMILES string of the molecule is CCn1ccc2c(CN3C[C@@H]4CN(C(C)=O)[C@@H](c5ccccc5)[C@@H]4C3)cccc21. The molecule has 0 N–H and O–H groups in total. The number of fused-ring (bicyclic) bond motifs is 2. The monoisotopic (exact) mass is 387 g/mol. The molecule has 4 nitrogen and oxygen atoms in total. The Labute approximate surface area is 172 Å². The van der Waals surface area contributed by atoms with Crippen LogP contribution in [0.5, 0.6) is 0 Å². The number of rotatable bonds is 4. The van der Waals surface area contributed by atoms with Crippen molar-refractivity contribution >= 4 is 16.8 Å². The van der Waals surface area contributed by atoms with E-state index in [0.29, 0.717) is 11.8 Å². The zero-order valence-electron chi connectivity index (χ0n) is 17.3. The van der Waals surface area contributed by atoms with Gasteiger partial charge in [-0.3, -0.25) is 9.69 Å². The van der Waals surface area contributed by atoms with E-state index in [1.165, 1.54) is 22.0 Å². The van der Waals surface area contributed by atoms with Gasteiger partial charge in [-0.15, -0.1) is 0 Å². The van der Waals surface area contributed by atoms with Crippen LogP contribution in [0.2, 0.25) is 0 Å². The molecule has 2 saturated heterocycles. The lowest BCUT2D eigenvalue weighted by atomic mass is 9.89. The first kappa shape index (κ1) is 18.4. The summed E-state index contributed by atoms with van der Waals surface area (Å²) in [6.07, 6.45) is 2.20. The third kappa shape index (κ3) is 3.16. The van der Waals surface area contributed by atoms with Gasteiger partial charge in [0.15, 0.2) is 0 Å². The van der Waals surface area contributed by atoms with E-state index in [-0.39, 0.29) is 11.9 Å². The van der Waals surface area contributed by atoms with E-state index in [9.17, 15) is 4.79 Å². The van der Waals surface area contributed by atoms with Crippen LogP contribution in [0.25, 0.3) is 10.9 Å². The molecule has 1 amide bonds. The number of likely N-dealkylation sites (tertiary alicyclic amines) is 2. The summed E-state index contributed by atoms with van der Waals surface area (Å²) in [5.74, 6) is 1.27. The number of benzene rings is 2. The summed E-state index contributed by atoms with van der Waals surface area (Å²) in [7, 11) is 0. The van der Waals surface area contributed by atoms with E-state index in [2.05, 4.69) is 82.1 Å². The van der Waals surface area contributed by atoms with Crippen LogP contribution in [0, 0.1) is 11.8 Å². The minimum absolute atomic E-state index is 0.200. The largest absolute Gasteiger partial charge is 0.348 e. The Morgan fingerprint density at radius 3 is 2.59 bits per heavy atom.